The topological polar surface area (TPSA) is 50.5 Å². The first kappa shape index (κ1) is 17.0. The number of rotatable bonds is 7. The Labute approximate surface area is 143 Å². The van der Waals surface area contributed by atoms with Crippen LogP contribution in [0.1, 0.15) is 18.4 Å². The molecule has 3 rings (SSSR count). The van der Waals surface area contributed by atoms with Crippen molar-refractivity contribution in [3.05, 3.63) is 48.3 Å². The number of hydrogen-bond donors (Lipinski definition) is 1. The fourth-order valence-electron chi connectivity index (χ4n) is 3.24. The SMILES string of the molecule is Cc1cnn(CC2CCN(C[C@@H](O)COc3ccccc3)CC2)c1. The Morgan fingerprint density at radius 3 is 2.67 bits per heavy atom. The number of nitrogens with zero attached hydrogens (tertiary/aromatic N) is 3. The molecule has 130 valence electrons. The molecule has 24 heavy (non-hydrogen) atoms. The second kappa shape index (κ2) is 8.31. The molecule has 1 saturated heterocycles. The molecule has 1 aromatic carbocycles. The summed E-state index contributed by atoms with van der Waals surface area (Å²) in [5.41, 5.74) is 1.22. The van der Waals surface area contributed by atoms with E-state index in [1.54, 1.807) is 0 Å². The quantitative estimate of drug-likeness (QED) is 0.847. The molecule has 1 aromatic heterocycles. The minimum Gasteiger partial charge on any atom is -0.491 e. The van der Waals surface area contributed by atoms with Crippen molar-refractivity contribution in [2.24, 2.45) is 5.92 Å². The Kier molecular flexibility index (Phi) is 5.88. The average molecular weight is 329 g/mol. The Morgan fingerprint density at radius 1 is 1.25 bits per heavy atom. The maximum atomic E-state index is 10.2. The molecule has 0 spiro atoms. The number of likely N-dealkylation sites (tertiary alicyclic amines) is 1. The number of aliphatic hydroxyl groups is 1. The Morgan fingerprint density at radius 2 is 2.00 bits per heavy atom. The fourth-order valence-corrected chi connectivity index (χ4v) is 3.24. The zero-order chi connectivity index (χ0) is 16.8. The summed E-state index contributed by atoms with van der Waals surface area (Å²) in [6.45, 7) is 6.17. The highest BCUT2D eigenvalue weighted by molar-refractivity contribution is 5.20. The van der Waals surface area contributed by atoms with Crippen LogP contribution in [-0.4, -0.2) is 52.1 Å². The van der Waals surface area contributed by atoms with Crippen LogP contribution < -0.4 is 4.74 Å². The second-order valence-corrected chi connectivity index (χ2v) is 6.76. The lowest BCUT2D eigenvalue weighted by Crippen LogP contribution is -2.41. The molecule has 5 heteroatoms. The summed E-state index contributed by atoms with van der Waals surface area (Å²) in [6, 6.07) is 9.66. The van der Waals surface area contributed by atoms with E-state index in [1.807, 2.05) is 36.5 Å². The third-order valence-electron chi connectivity index (χ3n) is 4.57. The molecular formula is C19H27N3O2. The third kappa shape index (κ3) is 5.08. The van der Waals surface area contributed by atoms with Crippen LogP contribution in [0.4, 0.5) is 0 Å². The zero-order valence-corrected chi connectivity index (χ0v) is 14.3. The van der Waals surface area contributed by atoms with Crippen LogP contribution in [0.25, 0.3) is 0 Å². The summed E-state index contributed by atoms with van der Waals surface area (Å²) in [5.74, 6) is 1.49. The van der Waals surface area contributed by atoms with Gasteiger partial charge in [0.15, 0.2) is 0 Å². The van der Waals surface area contributed by atoms with Gasteiger partial charge in [-0.25, -0.2) is 0 Å². The van der Waals surface area contributed by atoms with E-state index >= 15 is 0 Å². The van der Waals surface area contributed by atoms with E-state index in [9.17, 15) is 5.11 Å². The fraction of sp³-hybridized carbons (Fsp3) is 0.526. The van der Waals surface area contributed by atoms with E-state index in [-0.39, 0.29) is 0 Å². The first-order valence-electron chi connectivity index (χ1n) is 8.76. The lowest BCUT2D eigenvalue weighted by Gasteiger charge is -2.33. The minimum absolute atomic E-state index is 0.344. The van der Waals surface area contributed by atoms with Crippen LogP contribution >= 0.6 is 0 Å². The third-order valence-corrected chi connectivity index (χ3v) is 4.57. The van der Waals surface area contributed by atoms with Crippen molar-refractivity contribution < 1.29 is 9.84 Å². The smallest absolute Gasteiger partial charge is 0.119 e. The standard InChI is InChI=1S/C19H27N3O2/c1-16-11-20-22(12-16)13-17-7-9-21(10-8-17)14-18(23)15-24-19-5-3-2-4-6-19/h2-6,11-12,17-18,23H,7-10,13-15H2,1H3/t18-/m1/s1. The summed E-state index contributed by atoms with van der Waals surface area (Å²) >= 11 is 0. The number of ether oxygens (including phenoxy) is 1. The van der Waals surface area contributed by atoms with Crippen molar-refractivity contribution in [2.75, 3.05) is 26.2 Å². The van der Waals surface area contributed by atoms with Crippen LogP contribution in [0.5, 0.6) is 5.75 Å². The molecule has 0 radical (unpaired) electrons. The first-order chi connectivity index (χ1) is 11.7. The van der Waals surface area contributed by atoms with Crippen LogP contribution in [-0.2, 0) is 6.54 Å². The summed E-state index contributed by atoms with van der Waals surface area (Å²) in [5, 5.41) is 14.6. The van der Waals surface area contributed by atoms with Crippen molar-refractivity contribution in [3.8, 4) is 5.75 Å². The highest BCUT2D eigenvalue weighted by atomic mass is 16.5. The number of hydrogen-bond acceptors (Lipinski definition) is 4. The molecule has 1 N–H and O–H groups in total. The Hall–Kier alpha value is -1.85. The monoisotopic (exact) mass is 329 g/mol. The molecule has 0 aliphatic carbocycles. The van der Waals surface area contributed by atoms with Gasteiger partial charge < -0.3 is 14.7 Å². The molecular weight excluding hydrogens is 302 g/mol. The summed E-state index contributed by atoms with van der Waals surface area (Å²) < 4.78 is 7.68. The van der Waals surface area contributed by atoms with Gasteiger partial charge in [0, 0.05) is 19.3 Å². The maximum absolute atomic E-state index is 10.2. The minimum atomic E-state index is -0.449. The predicted molar refractivity (Wildman–Crippen MR) is 94.1 cm³/mol. The first-order valence-corrected chi connectivity index (χ1v) is 8.76. The number of benzene rings is 1. The van der Waals surface area contributed by atoms with Crippen LogP contribution in [0.3, 0.4) is 0 Å². The van der Waals surface area contributed by atoms with E-state index < -0.39 is 6.10 Å². The normalized spacial score (nSPS) is 17.8. The van der Waals surface area contributed by atoms with Gasteiger partial charge in [0.05, 0.1) is 6.20 Å². The number of piperidine rings is 1. The molecule has 0 saturated carbocycles. The molecule has 0 amide bonds. The van der Waals surface area contributed by atoms with Gasteiger partial charge in [0.1, 0.15) is 18.5 Å². The van der Waals surface area contributed by atoms with E-state index in [0.29, 0.717) is 19.1 Å². The maximum Gasteiger partial charge on any atom is 0.119 e. The van der Waals surface area contributed by atoms with Gasteiger partial charge in [-0.15, -0.1) is 0 Å². The molecule has 0 unspecified atom stereocenters. The van der Waals surface area contributed by atoms with E-state index in [1.165, 1.54) is 5.56 Å². The molecule has 1 aliphatic heterocycles. The van der Waals surface area contributed by atoms with Crippen LogP contribution in [0.15, 0.2) is 42.7 Å². The van der Waals surface area contributed by atoms with Crippen molar-refractivity contribution in [1.29, 1.82) is 0 Å². The zero-order valence-electron chi connectivity index (χ0n) is 14.3. The highest BCUT2D eigenvalue weighted by Gasteiger charge is 2.21. The summed E-state index contributed by atoms with van der Waals surface area (Å²) in [6.07, 6.45) is 5.89. The number of para-hydroxylation sites is 1. The largest absolute Gasteiger partial charge is 0.491 e. The molecule has 5 nitrogen and oxygen atoms in total. The summed E-state index contributed by atoms with van der Waals surface area (Å²) in [7, 11) is 0. The van der Waals surface area contributed by atoms with Crippen molar-refractivity contribution in [3.63, 3.8) is 0 Å². The Balaban J connectivity index is 1.35. The molecule has 1 aliphatic rings. The highest BCUT2D eigenvalue weighted by Crippen LogP contribution is 2.19. The second-order valence-electron chi connectivity index (χ2n) is 6.76. The lowest BCUT2D eigenvalue weighted by atomic mass is 9.96. The van der Waals surface area contributed by atoms with Crippen molar-refractivity contribution in [1.82, 2.24) is 14.7 Å². The van der Waals surface area contributed by atoms with Gasteiger partial charge in [-0.2, -0.15) is 5.10 Å². The van der Waals surface area contributed by atoms with Crippen molar-refractivity contribution in [2.45, 2.75) is 32.4 Å². The van der Waals surface area contributed by atoms with E-state index in [2.05, 4.69) is 27.8 Å². The van der Waals surface area contributed by atoms with Gasteiger partial charge in [-0.3, -0.25) is 4.68 Å². The number of aromatic nitrogens is 2. The average Bonchev–Trinajstić information content (AvgIpc) is 3.01. The molecule has 0 bridgehead atoms. The number of aryl methyl sites for hydroxylation is 1. The van der Waals surface area contributed by atoms with Gasteiger partial charge in [-0.05, 0) is 56.5 Å². The number of β-amino-alcohol motifs (C(OH)–C–C–N with tert-alkyl or cyclic N) is 1. The predicted octanol–water partition coefficient (Wildman–Crippen LogP) is 2.34. The van der Waals surface area contributed by atoms with E-state index in [4.69, 9.17) is 4.74 Å². The van der Waals surface area contributed by atoms with Crippen LogP contribution in [0.2, 0.25) is 0 Å². The van der Waals surface area contributed by atoms with Gasteiger partial charge in [0.2, 0.25) is 0 Å². The Bertz CT molecular complexity index is 606. The van der Waals surface area contributed by atoms with Gasteiger partial charge >= 0.3 is 0 Å². The number of aliphatic hydroxyl groups excluding tert-OH is 1. The van der Waals surface area contributed by atoms with E-state index in [0.717, 1.165) is 38.2 Å². The van der Waals surface area contributed by atoms with Gasteiger partial charge in [0.25, 0.3) is 0 Å². The molecule has 2 aromatic rings. The van der Waals surface area contributed by atoms with Gasteiger partial charge in [-0.1, -0.05) is 18.2 Å². The summed E-state index contributed by atoms with van der Waals surface area (Å²) in [4.78, 5) is 2.34. The lowest BCUT2D eigenvalue weighted by molar-refractivity contribution is 0.0534. The molecule has 1 atom stereocenters. The van der Waals surface area contributed by atoms with Crippen molar-refractivity contribution >= 4 is 0 Å². The molecule has 2 heterocycles. The molecule has 1 fully saturated rings. The van der Waals surface area contributed by atoms with Crippen LogP contribution in [0, 0.1) is 12.8 Å².